The molecule has 3 heteroatoms. The molecule has 1 aliphatic rings. The van der Waals surface area contributed by atoms with E-state index in [1.54, 1.807) is 0 Å². The van der Waals surface area contributed by atoms with E-state index in [0.29, 0.717) is 18.0 Å². The van der Waals surface area contributed by atoms with E-state index in [4.69, 9.17) is 11.6 Å². The molecule has 0 aromatic heterocycles. The van der Waals surface area contributed by atoms with Gasteiger partial charge < -0.3 is 5.32 Å². The molecule has 0 bridgehead atoms. The average molecular weight is 200 g/mol. The van der Waals surface area contributed by atoms with Crippen molar-refractivity contribution in [3.8, 4) is 0 Å². The van der Waals surface area contributed by atoms with Crippen LogP contribution < -0.4 is 5.32 Å². The first kappa shape index (κ1) is 8.97. The minimum Gasteiger partial charge on any atom is -0.307 e. The predicted octanol–water partition coefficient (Wildman–Crippen LogP) is 2.71. The van der Waals surface area contributed by atoms with Crippen LogP contribution in [-0.2, 0) is 0 Å². The predicted molar refractivity (Wildman–Crippen MR) is 51.7 cm³/mol. The van der Waals surface area contributed by atoms with Crippen LogP contribution in [-0.4, -0.2) is 12.7 Å². The van der Waals surface area contributed by atoms with Crippen molar-refractivity contribution in [3.63, 3.8) is 0 Å². The number of alkyl halides is 1. The molecule has 1 saturated heterocycles. The van der Waals surface area contributed by atoms with Gasteiger partial charge in [-0.05, 0) is 24.1 Å². The Balaban J connectivity index is 2.16. The third-order valence-electron chi connectivity index (χ3n) is 2.33. The highest BCUT2D eigenvalue weighted by Crippen LogP contribution is 2.26. The number of nitrogens with one attached hydrogen (secondary N) is 1. The third-order valence-corrected chi connectivity index (χ3v) is 2.56. The average Bonchev–Trinajstić information content (AvgIpc) is 2.52. The number of halogens is 2. The molecule has 0 aliphatic carbocycles. The highest BCUT2D eigenvalue weighted by atomic mass is 35.5. The molecular weight excluding hydrogens is 189 g/mol. The third kappa shape index (κ3) is 2.01. The monoisotopic (exact) mass is 199 g/mol. The van der Waals surface area contributed by atoms with Crippen molar-refractivity contribution in [3.05, 3.63) is 34.9 Å². The van der Waals surface area contributed by atoms with Crippen LogP contribution in [0.3, 0.4) is 0 Å². The van der Waals surface area contributed by atoms with Crippen LogP contribution in [0.1, 0.15) is 18.0 Å². The second-order valence-corrected chi connectivity index (χ2v) is 3.79. The summed E-state index contributed by atoms with van der Waals surface area (Å²) in [7, 11) is 0. The largest absolute Gasteiger partial charge is 0.307 e. The quantitative estimate of drug-likeness (QED) is 0.734. The maximum Gasteiger partial charge on any atom is 0.114 e. The highest BCUT2D eigenvalue weighted by Gasteiger charge is 2.24. The molecule has 1 aromatic rings. The molecule has 1 aromatic carbocycles. The van der Waals surface area contributed by atoms with Crippen molar-refractivity contribution >= 4 is 11.6 Å². The summed E-state index contributed by atoms with van der Waals surface area (Å²) in [4.78, 5) is 0. The smallest absolute Gasteiger partial charge is 0.114 e. The molecule has 0 radical (unpaired) electrons. The van der Waals surface area contributed by atoms with Gasteiger partial charge in [-0.1, -0.05) is 23.7 Å². The van der Waals surface area contributed by atoms with E-state index in [1.807, 2.05) is 24.3 Å². The molecule has 1 heterocycles. The van der Waals surface area contributed by atoms with Gasteiger partial charge in [-0.15, -0.1) is 0 Å². The standard InChI is InChI=1S/C10H11ClFN/c11-8-3-1-2-7(4-8)10-5-9(12)6-13-10/h1-4,9-10,13H,5-6H2. The molecule has 0 amide bonds. The molecule has 1 N–H and O–H groups in total. The van der Waals surface area contributed by atoms with Gasteiger partial charge in [0, 0.05) is 17.6 Å². The van der Waals surface area contributed by atoms with Gasteiger partial charge in [-0.3, -0.25) is 0 Å². The van der Waals surface area contributed by atoms with Gasteiger partial charge in [-0.2, -0.15) is 0 Å². The first-order chi connectivity index (χ1) is 6.25. The lowest BCUT2D eigenvalue weighted by atomic mass is 10.1. The minimum absolute atomic E-state index is 0.133. The number of benzene rings is 1. The van der Waals surface area contributed by atoms with Gasteiger partial charge in [0.2, 0.25) is 0 Å². The van der Waals surface area contributed by atoms with Crippen molar-refractivity contribution in [1.29, 1.82) is 0 Å². The fourth-order valence-corrected chi connectivity index (χ4v) is 1.87. The summed E-state index contributed by atoms with van der Waals surface area (Å²) in [5.74, 6) is 0. The Morgan fingerprint density at radius 2 is 2.31 bits per heavy atom. The van der Waals surface area contributed by atoms with Gasteiger partial charge in [0.05, 0.1) is 0 Å². The molecule has 70 valence electrons. The lowest BCUT2D eigenvalue weighted by molar-refractivity contribution is 0.356. The van der Waals surface area contributed by atoms with E-state index >= 15 is 0 Å². The van der Waals surface area contributed by atoms with Crippen LogP contribution in [0.15, 0.2) is 24.3 Å². The minimum atomic E-state index is -0.719. The lowest BCUT2D eigenvalue weighted by Gasteiger charge is -2.09. The number of hydrogen-bond acceptors (Lipinski definition) is 1. The van der Waals surface area contributed by atoms with E-state index in [9.17, 15) is 4.39 Å². The van der Waals surface area contributed by atoms with Crippen LogP contribution >= 0.6 is 11.6 Å². The Labute approximate surface area is 81.9 Å². The van der Waals surface area contributed by atoms with Gasteiger partial charge >= 0.3 is 0 Å². The van der Waals surface area contributed by atoms with Crippen molar-refractivity contribution in [1.82, 2.24) is 5.32 Å². The van der Waals surface area contributed by atoms with Crippen LogP contribution in [0.5, 0.6) is 0 Å². The Kier molecular flexibility index (Phi) is 2.51. The van der Waals surface area contributed by atoms with E-state index < -0.39 is 6.17 Å². The van der Waals surface area contributed by atoms with E-state index in [1.165, 1.54) is 0 Å². The summed E-state index contributed by atoms with van der Waals surface area (Å²) >= 11 is 5.84. The number of rotatable bonds is 1. The Morgan fingerprint density at radius 3 is 2.92 bits per heavy atom. The summed E-state index contributed by atoms with van der Waals surface area (Å²) in [6, 6.07) is 7.71. The summed E-state index contributed by atoms with van der Waals surface area (Å²) in [6.45, 7) is 0.456. The van der Waals surface area contributed by atoms with Crippen molar-refractivity contribution < 1.29 is 4.39 Å². The normalized spacial score (nSPS) is 27.8. The van der Waals surface area contributed by atoms with Gasteiger partial charge in [0.1, 0.15) is 6.17 Å². The second-order valence-electron chi connectivity index (χ2n) is 3.35. The van der Waals surface area contributed by atoms with E-state index in [2.05, 4.69) is 5.32 Å². The number of hydrogen-bond donors (Lipinski definition) is 1. The first-order valence-electron chi connectivity index (χ1n) is 4.38. The van der Waals surface area contributed by atoms with Crippen molar-refractivity contribution in [2.75, 3.05) is 6.54 Å². The molecular formula is C10H11ClFN. The molecule has 1 fully saturated rings. The van der Waals surface area contributed by atoms with Gasteiger partial charge in [-0.25, -0.2) is 4.39 Å². The molecule has 0 saturated carbocycles. The van der Waals surface area contributed by atoms with Gasteiger partial charge in [0.25, 0.3) is 0 Å². The Morgan fingerprint density at radius 1 is 1.46 bits per heavy atom. The van der Waals surface area contributed by atoms with E-state index in [0.717, 1.165) is 5.56 Å². The molecule has 1 nitrogen and oxygen atoms in total. The fourth-order valence-electron chi connectivity index (χ4n) is 1.67. The summed E-state index contributed by atoms with van der Waals surface area (Å²) in [5.41, 5.74) is 1.08. The molecule has 1 aliphatic heterocycles. The van der Waals surface area contributed by atoms with Crippen LogP contribution in [0.2, 0.25) is 5.02 Å². The summed E-state index contributed by atoms with van der Waals surface area (Å²) < 4.78 is 12.9. The van der Waals surface area contributed by atoms with Crippen molar-refractivity contribution in [2.45, 2.75) is 18.6 Å². The van der Waals surface area contributed by atoms with Crippen LogP contribution in [0.4, 0.5) is 4.39 Å². The Hall–Kier alpha value is -0.600. The molecule has 13 heavy (non-hydrogen) atoms. The van der Waals surface area contributed by atoms with Crippen molar-refractivity contribution in [2.24, 2.45) is 0 Å². The summed E-state index contributed by atoms with van der Waals surface area (Å²) in [6.07, 6.45) is -0.163. The zero-order valence-corrected chi connectivity index (χ0v) is 7.89. The maximum atomic E-state index is 12.9. The molecule has 2 unspecified atom stereocenters. The first-order valence-corrected chi connectivity index (χ1v) is 4.76. The van der Waals surface area contributed by atoms with Crippen LogP contribution in [0, 0.1) is 0 Å². The lowest BCUT2D eigenvalue weighted by Crippen LogP contribution is -2.13. The zero-order chi connectivity index (χ0) is 9.26. The maximum absolute atomic E-state index is 12.9. The molecule has 0 spiro atoms. The highest BCUT2D eigenvalue weighted by molar-refractivity contribution is 6.30. The fraction of sp³-hybridized carbons (Fsp3) is 0.400. The Bertz CT molecular complexity index is 303. The van der Waals surface area contributed by atoms with Crippen LogP contribution in [0.25, 0.3) is 0 Å². The molecule has 2 atom stereocenters. The zero-order valence-electron chi connectivity index (χ0n) is 7.13. The SMILES string of the molecule is FC1CNC(c2cccc(Cl)c2)C1. The van der Waals surface area contributed by atoms with Gasteiger partial charge in [0.15, 0.2) is 0 Å². The summed E-state index contributed by atoms with van der Waals surface area (Å²) in [5, 5.41) is 3.83. The second kappa shape index (κ2) is 3.64. The molecule has 2 rings (SSSR count). The van der Waals surface area contributed by atoms with E-state index in [-0.39, 0.29) is 6.04 Å². The topological polar surface area (TPSA) is 12.0 Å².